The highest BCUT2D eigenvalue weighted by molar-refractivity contribution is 7.14. The second-order valence-corrected chi connectivity index (χ2v) is 6.65. The van der Waals surface area contributed by atoms with Gasteiger partial charge in [-0.05, 0) is 50.5 Å². The number of hydrogen-bond donors (Lipinski definition) is 2. The number of hydrogen-bond acceptors (Lipinski definition) is 5. The summed E-state index contributed by atoms with van der Waals surface area (Å²) in [5.41, 5.74) is 2.56. The van der Waals surface area contributed by atoms with Crippen LogP contribution in [-0.4, -0.2) is 29.9 Å². The van der Waals surface area contributed by atoms with Crippen molar-refractivity contribution in [2.45, 2.75) is 26.2 Å². The van der Waals surface area contributed by atoms with Crippen molar-refractivity contribution in [3.05, 3.63) is 35.3 Å². The molecule has 2 heterocycles. The van der Waals surface area contributed by atoms with Crippen LogP contribution < -0.4 is 15.5 Å². The van der Waals surface area contributed by atoms with Crippen molar-refractivity contribution >= 4 is 39.7 Å². The summed E-state index contributed by atoms with van der Waals surface area (Å²) in [6.07, 6.45) is 3.72. The van der Waals surface area contributed by atoms with E-state index in [0.29, 0.717) is 10.8 Å². The van der Waals surface area contributed by atoms with Crippen LogP contribution in [0.5, 0.6) is 0 Å². The molecule has 1 aliphatic heterocycles. The predicted molar refractivity (Wildman–Crippen MR) is 96.6 cm³/mol. The highest BCUT2D eigenvalue weighted by atomic mass is 32.1. The molecule has 2 amide bonds. The quantitative estimate of drug-likeness (QED) is 0.840. The van der Waals surface area contributed by atoms with Gasteiger partial charge in [0.2, 0.25) is 0 Å². The number of thiazole rings is 1. The van der Waals surface area contributed by atoms with Crippen LogP contribution in [0.4, 0.5) is 16.5 Å². The Bertz CT molecular complexity index is 720. The summed E-state index contributed by atoms with van der Waals surface area (Å²) in [5, 5.41) is 7.34. The highest BCUT2D eigenvalue weighted by Crippen LogP contribution is 2.22. The van der Waals surface area contributed by atoms with Gasteiger partial charge in [-0.3, -0.25) is 14.9 Å². The molecule has 0 spiro atoms. The average Bonchev–Trinajstić information content (AvgIpc) is 3.01. The van der Waals surface area contributed by atoms with Crippen LogP contribution in [-0.2, 0) is 9.59 Å². The van der Waals surface area contributed by atoms with Gasteiger partial charge in [0.15, 0.2) is 5.13 Å². The van der Waals surface area contributed by atoms with Crippen molar-refractivity contribution in [3.63, 3.8) is 0 Å². The molecule has 1 aromatic carbocycles. The maximum atomic E-state index is 12.0. The van der Waals surface area contributed by atoms with E-state index in [1.54, 1.807) is 0 Å². The smallest absolute Gasteiger partial charge is 0.315 e. The summed E-state index contributed by atoms with van der Waals surface area (Å²) in [7, 11) is 0. The average molecular weight is 344 g/mol. The fraction of sp³-hybridized carbons (Fsp3) is 0.353. The molecular weight excluding hydrogens is 324 g/mol. The molecule has 0 bridgehead atoms. The molecule has 0 atom stereocenters. The number of amides is 2. The van der Waals surface area contributed by atoms with Gasteiger partial charge in [-0.25, -0.2) is 4.98 Å². The van der Waals surface area contributed by atoms with Gasteiger partial charge in [0, 0.05) is 29.8 Å². The largest absolute Gasteiger partial charge is 0.372 e. The number of piperidine rings is 1. The van der Waals surface area contributed by atoms with Gasteiger partial charge in [-0.2, -0.15) is 0 Å². The maximum absolute atomic E-state index is 12.0. The van der Waals surface area contributed by atoms with Gasteiger partial charge >= 0.3 is 11.8 Å². The van der Waals surface area contributed by atoms with Gasteiger partial charge in [0.25, 0.3) is 0 Å². The fourth-order valence-electron chi connectivity index (χ4n) is 2.66. The molecule has 1 aromatic heterocycles. The van der Waals surface area contributed by atoms with Crippen molar-refractivity contribution in [3.8, 4) is 0 Å². The van der Waals surface area contributed by atoms with Crippen LogP contribution in [0, 0.1) is 6.92 Å². The number of anilines is 3. The Balaban J connectivity index is 1.56. The summed E-state index contributed by atoms with van der Waals surface area (Å²) < 4.78 is 0. The molecule has 1 fully saturated rings. The van der Waals surface area contributed by atoms with Crippen molar-refractivity contribution in [2.75, 3.05) is 28.6 Å². The monoisotopic (exact) mass is 344 g/mol. The molecular formula is C17H20N4O2S. The minimum Gasteiger partial charge on any atom is -0.372 e. The van der Waals surface area contributed by atoms with Gasteiger partial charge in [-0.15, -0.1) is 11.3 Å². The Kier molecular flexibility index (Phi) is 5.10. The topological polar surface area (TPSA) is 74.3 Å². The van der Waals surface area contributed by atoms with Crippen molar-refractivity contribution in [1.29, 1.82) is 0 Å². The van der Waals surface area contributed by atoms with E-state index >= 15 is 0 Å². The molecule has 2 N–H and O–H groups in total. The Hall–Kier alpha value is -2.41. The molecule has 3 rings (SSSR count). The summed E-state index contributed by atoms with van der Waals surface area (Å²) in [6.45, 7) is 3.97. The van der Waals surface area contributed by atoms with Gasteiger partial charge in [0.05, 0.1) is 5.69 Å². The lowest BCUT2D eigenvalue weighted by atomic mass is 10.1. The van der Waals surface area contributed by atoms with E-state index in [4.69, 9.17) is 0 Å². The van der Waals surface area contributed by atoms with E-state index in [-0.39, 0.29) is 0 Å². The fourth-order valence-corrected chi connectivity index (χ4v) is 3.34. The first-order valence-corrected chi connectivity index (χ1v) is 8.89. The maximum Gasteiger partial charge on any atom is 0.315 e. The van der Waals surface area contributed by atoms with E-state index in [1.807, 2.05) is 36.6 Å². The molecule has 1 saturated heterocycles. The minimum absolute atomic E-state index is 0.424. The first-order valence-electron chi connectivity index (χ1n) is 8.01. The molecule has 1 aliphatic rings. The zero-order valence-corrected chi connectivity index (χ0v) is 14.4. The van der Waals surface area contributed by atoms with Gasteiger partial charge < -0.3 is 10.2 Å². The number of carbonyl (C=O) groups excluding carboxylic acids is 2. The minimum atomic E-state index is -0.718. The number of rotatable bonds is 3. The number of carbonyl (C=O) groups is 2. The van der Waals surface area contributed by atoms with Crippen LogP contribution in [0.3, 0.4) is 0 Å². The molecule has 0 aliphatic carbocycles. The van der Waals surface area contributed by atoms with E-state index in [1.165, 1.54) is 30.6 Å². The van der Waals surface area contributed by atoms with E-state index in [9.17, 15) is 9.59 Å². The van der Waals surface area contributed by atoms with Gasteiger partial charge in [0.1, 0.15) is 0 Å². The summed E-state index contributed by atoms with van der Waals surface area (Å²) >= 11 is 1.29. The van der Waals surface area contributed by atoms with Crippen LogP contribution in [0.15, 0.2) is 29.6 Å². The molecule has 126 valence electrons. The first-order chi connectivity index (χ1) is 11.6. The third-order valence-electron chi connectivity index (χ3n) is 3.89. The molecule has 2 aromatic rings. The van der Waals surface area contributed by atoms with Crippen LogP contribution in [0.1, 0.15) is 25.0 Å². The normalized spacial score (nSPS) is 14.3. The third-order valence-corrected chi connectivity index (χ3v) is 4.77. The number of aryl methyl sites for hydroxylation is 1. The molecule has 0 saturated carbocycles. The SMILES string of the molecule is Cc1csc(NC(=O)C(=O)Nc2ccc(N3CCCCC3)cc2)n1. The lowest BCUT2D eigenvalue weighted by Crippen LogP contribution is -2.30. The van der Waals surface area contributed by atoms with Crippen LogP contribution in [0.2, 0.25) is 0 Å². The number of benzene rings is 1. The van der Waals surface area contributed by atoms with Gasteiger partial charge in [-0.1, -0.05) is 0 Å². The second-order valence-electron chi connectivity index (χ2n) is 5.80. The van der Waals surface area contributed by atoms with Crippen molar-refractivity contribution in [1.82, 2.24) is 4.98 Å². The lowest BCUT2D eigenvalue weighted by Gasteiger charge is -2.28. The number of nitrogens with one attached hydrogen (secondary N) is 2. The van der Waals surface area contributed by atoms with Crippen LogP contribution >= 0.6 is 11.3 Å². The Morgan fingerprint density at radius 1 is 1.04 bits per heavy atom. The Morgan fingerprint density at radius 3 is 2.33 bits per heavy atom. The number of nitrogens with zero attached hydrogens (tertiary/aromatic N) is 2. The summed E-state index contributed by atoms with van der Waals surface area (Å²) in [4.78, 5) is 30.3. The van der Waals surface area contributed by atoms with E-state index in [2.05, 4.69) is 20.5 Å². The van der Waals surface area contributed by atoms with Crippen molar-refractivity contribution < 1.29 is 9.59 Å². The molecule has 6 nitrogen and oxygen atoms in total. The highest BCUT2D eigenvalue weighted by Gasteiger charge is 2.16. The second kappa shape index (κ2) is 7.44. The zero-order valence-electron chi connectivity index (χ0n) is 13.5. The Labute approximate surface area is 144 Å². The Morgan fingerprint density at radius 2 is 1.71 bits per heavy atom. The number of aromatic nitrogens is 1. The predicted octanol–water partition coefficient (Wildman–Crippen LogP) is 3.02. The van der Waals surface area contributed by atoms with E-state index < -0.39 is 11.8 Å². The molecule has 0 radical (unpaired) electrons. The van der Waals surface area contributed by atoms with Crippen LogP contribution in [0.25, 0.3) is 0 Å². The first kappa shape index (κ1) is 16.4. The third kappa shape index (κ3) is 4.11. The zero-order chi connectivity index (χ0) is 16.9. The standard InChI is InChI=1S/C17H20N4O2S/c1-12-11-24-17(18-12)20-16(23)15(22)19-13-5-7-14(8-6-13)21-9-3-2-4-10-21/h5-8,11H,2-4,9-10H2,1H3,(H,19,22)(H,18,20,23). The van der Waals surface area contributed by atoms with E-state index in [0.717, 1.165) is 24.5 Å². The summed E-state index contributed by atoms with van der Waals surface area (Å²) in [5.74, 6) is -1.42. The lowest BCUT2D eigenvalue weighted by molar-refractivity contribution is -0.132. The molecule has 24 heavy (non-hydrogen) atoms. The van der Waals surface area contributed by atoms with Crippen molar-refractivity contribution in [2.24, 2.45) is 0 Å². The molecule has 0 unspecified atom stereocenters. The summed E-state index contributed by atoms with van der Waals surface area (Å²) in [6, 6.07) is 7.59. The molecule has 7 heteroatoms.